The fourth-order valence-corrected chi connectivity index (χ4v) is 4.59. The standard InChI is InChI=1S/C20H18FN3O2S/c1-13-18(19(26)24(22(13)2)14-8-4-3-5-9-14)23-17(25)12-27-20(23)15-10-6-7-11-16(15)21/h3-11,20H,12H2,1-2H3. The van der Waals surface area contributed by atoms with E-state index in [0.29, 0.717) is 22.6 Å². The molecule has 1 amide bonds. The van der Waals surface area contributed by atoms with Gasteiger partial charge in [-0.3, -0.25) is 19.2 Å². The highest BCUT2D eigenvalue weighted by molar-refractivity contribution is 8.00. The van der Waals surface area contributed by atoms with Crippen LogP contribution >= 0.6 is 11.8 Å². The number of hydrogen-bond acceptors (Lipinski definition) is 3. The van der Waals surface area contributed by atoms with Crippen molar-refractivity contribution in [2.24, 2.45) is 7.05 Å². The molecule has 2 aromatic carbocycles. The van der Waals surface area contributed by atoms with E-state index in [0.717, 1.165) is 0 Å². The number of carbonyl (C=O) groups is 1. The molecule has 1 saturated heterocycles. The molecule has 7 heteroatoms. The third-order valence-electron chi connectivity index (χ3n) is 4.80. The van der Waals surface area contributed by atoms with Gasteiger partial charge in [0.15, 0.2) is 0 Å². The van der Waals surface area contributed by atoms with Crippen LogP contribution in [0.25, 0.3) is 5.69 Å². The lowest BCUT2D eigenvalue weighted by Crippen LogP contribution is -2.33. The van der Waals surface area contributed by atoms with Crippen LogP contribution in [-0.2, 0) is 11.8 Å². The van der Waals surface area contributed by atoms with Gasteiger partial charge in [0.05, 0.1) is 17.1 Å². The van der Waals surface area contributed by atoms with Crippen LogP contribution in [0.4, 0.5) is 10.1 Å². The molecule has 27 heavy (non-hydrogen) atoms. The second-order valence-electron chi connectivity index (χ2n) is 6.36. The van der Waals surface area contributed by atoms with E-state index < -0.39 is 5.37 Å². The number of amides is 1. The first kappa shape index (κ1) is 17.6. The van der Waals surface area contributed by atoms with Crippen LogP contribution in [0.2, 0.25) is 0 Å². The van der Waals surface area contributed by atoms with Crippen molar-refractivity contribution < 1.29 is 9.18 Å². The number of aromatic nitrogens is 2. The van der Waals surface area contributed by atoms with Gasteiger partial charge in [-0.1, -0.05) is 36.4 Å². The summed E-state index contributed by atoms with van der Waals surface area (Å²) in [5.41, 5.74) is 1.77. The van der Waals surface area contributed by atoms with Gasteiger partial charge in [-0.15, -0.1) is 11.8 Å². The quantitative estimate of drug-likeness (QED) is 0.696. The van der Waals surface area contributed by atoms with Gasteiger partial charge < -0.3 is 0 Å². The molecule has 0 bridgehead atoms. The molecule has 2 heterocycles. The fourth-order valence-electron chi connectivity index (χ4n) is 3.40. The van der Waals surface area contributed by atoms with Crippen molar-refractivity contribution in [2.45, 2.75) is 12.3 Å². The summed E-state index contributed by atoms with van der Waals surface area (Å²) in [5, 5.41) is -0.559. The zero-order chi connectivity index (χ0) is 19.1. The number of nitrogens with zero attached hydrogens (tertiary/aromatic N) is 3. The van der Waals surface area contributed by atoms with E-state index in [4.69, 9.17) is 0 Å². The van der Waals surface area contributed by atoms with Crippen molar-refractivity contribution in [3.8, 4) is 5.69 Å². The maximum atomic E-state index is 14.4. The summed E-state index contributed by atoms with van der Waals surface area (Å²) in [5.74, 6) is -0.371. The van der Waals surface area contributed by atoms with Crippen LogP contribution in [0.15, 0.2) is 59.4 Å². The van der Waals surface area contributed by atoms with Gasteiger partial charge in [-0.25, -0.2) is 9.07 Å². The minimum atomic E-state index is -0.559. The second kappa shape index (κ2) is 6.74. The molecule has 3 aromatic rings. The molecule has 0 N–H and O–H groups in total. The Morgan fingerprint density at radius 1 is 1.04 bits per heavy atom. The molecule has 1 unspecified atom stereocenters. The molecule has 0 spiro atoms. The Bertz CT molecular complexity index is 1070. The Kier molecular flexibility index (Phi) is 4.39. The van der Waals surface area contributed by atoms with Crippen molar-refractivity contribution in [2.75, 3.05) is 10.7 Å². The first-order valence-corrected chi connectivity index (χ1v) is 9.57. The molecule has 0 aliphatic carbocycles. The number of para-hydroxylation sites is 1. The van der Waals surface area contributed by atoms with Crippen molar-refractivity contribution in [1.82, 2.24) is 9.36 Å². The van der Waals surface area contributed by atoms with E-state index in [-0.39, 0.29) is 23.0 Å². The Morgan fingerprint density at radius 3 is 2.41 bits per heavy atom. The molecule has 0 radical (unpaired) electrons. The minimum Gasteiger partial charge on any atom is -0.288 e. The Labute approximate surface area is 160 Å². The van der Waals surface area contributed by atoms with Gasteiger partial charge >= 0.3 is 0 Å². The van der Waals surface area contributed by atoms with Gasteiger partial charge in [0.2, 0.25) is 5.91 Å². The van der Waals surface area contributed by atoms with Crippen molar-refractivity contribution in [3.63, 3.8) is 0 Å². The minimum absolute atomic E-state index is 0.195. The number of hydrogen-bond donors (Lipinski definition) is 0. The molecule has 4 rings (SSSR count). The van der Waals surface area contributed by atoms with Crippen molar-refractivity contribution >= 4 is 23.4 Å². The topological polar surface area (TPSA) is 47.2 Å². The van der Waals surface area contributed by atoms with Crippen LogP contribution < -0.4 is 10.5 Å². The van der Waals surface area contributed by atoms with Gasteiger partial charge in [0.25, 0.3) is 5.56 Å². The lowest BCUT2D eigenvalue weighted by molar-refractivity contribution is -0.115. The van der Waals surface area contributed by atoms with Gasteiger partial charge in [0.1, 0.15) is 16.9 Å². The lowest BCUT2D eigenvalue weighted by Gasteiger charge is -2.23. The van der Waals surface area contributed by atoms with E-state index in [1.165, 1.54) is 27.4 Å². The SMILES string of the molecule is Cc1c(N2C(=O)CSC2c2ccccc2F)c(=O)n(-c2ccccc2)n1C. The van der Waals surface area contributed by atoms with Crippen LogP contribution in [0.3, 0.4) is 0 Å². The summed E-state index contributed by atoms with van der Waals surface area (Å²) in [6, 6.07) is 15.6. The Morgan fingerprint density at radius 2 is 1.70 bits per heavy atom. The van der Waals surface area contributed by atoms with Crippen LogP contribution in [0.5, 0.6) is 0 Å². The Balaban J connectivity index is 1.89. The van der Waals surface area contributed by atoms with Crippen molar-refractivity contribution in [3.05, 3.63) is 82.0 Å². The average molecular weight is 383 g/mol. The highest BCUT2D eigenvalue weighted by Gasteiger charge is 2.39. The second-order valence-corrected chi connectivity index (χ2v) is 7.43. The maximum Gasteiger partial charge on any atom is 0.295 e. The molecule has 1 aromatic heterocycles. The zero-order valence-corrected chi connectivity index (χ0v) is 15.7. The average Bonchev–Trinajstić information content (AvgIpc) is 3.14. The number of rotatable bonds is 3. The predicted molar refractivity (Wildman–Crippen MR) is 105 cm³/mol. The van der Waals surface area contributed by atoms with E-state index in [1.54, 1.807) is 36.9 Å². The van der Waals surface area contributed by atoms with Crippen LogP contribution in [-0.4, -0.2) is 21.0 Å². The summed E-state index contributed by atoms with van der Waals surface area (Å²) in [4.78, 5) is 27.4. The molecule has 1 atom stereocenters. The Hall–Kier alpha value is -2.80. The number of benzene rings is 2. The molecule has 1 aliphatic heterocycles. The number of thioether (sulfide) groups is 1. The maximum absolute atomic E-state index is 14.4. The van der Waals surface area contributed by atoms with Gasteiger partial charge in [0, 0.05) is 12.6 Å². The van der Waals surface area contributed by atoms with Crippen LogP contribution in [0.1, 0.15) is 16.6 Å². The largest absolute Gasteiger partial charge is 0.295 e. The summed E-state index contributed by atoms with van der Waals surface area (Å²) >= 11 is 1.33. The number of halogens is 1. The predicted octanol–water partition coefficient (Wildman–Crippen LogP) is 3.40. The van der Waals surface area contributed by atoms with E-state index in [2.05, 4.69) is 0 Å². The summed E-state index contributed by atoms with van der Waals surface area (Å²) in [6.07, 6.45) is 0. The van der Waals surface area contributed by atoms with E-state index in [1.807, 2.05) is 30.3 Å². The van der Waals surface area contributed by atoms with Gasteiger partial charge in [-0.2, -0.15) is 0 Å². The number of anilines is 1. The summed E-state index contributed by atoms with van der Waals surface area (Å²) < 4.78 is 17.6. The third-order valence-corrected chi connectivity index (χ3v) is 6.00. The molecule has 1 fully saturated rings. The number of carbonyl (C=O) groups excluding carboxylic acids is 1. The fraction of sp³-hybridized carbons (Fsp3) is 0.200. The van der Waals surface area contributed by atoms with E-state index in [9.17, 15) is 14.0 Å². The smallest absolute Gasteiger partial charge is 0.288 e. The molecular weight excluding hydrogens is 365 g/mol. The third kappa shape index (κ3) is 2.78. The molecular formula is C20H18FN3O2S. The summed E-state index contributed by atoms with van der Waals surface area (Å²) in [6.45, 7) is 1.80. The molecule has 0 saturated carbocycles. The highest BCUT2D eigenvalue weighted by atomic mass is 32.2. The molecule has 5 nitrogen and oxygen atoms in total. The first-order chi connectivity index (χ1) is 13.0. The summed E-state index contributed by atoms with van der Waals surface area (Å²) in [7, 11) is 1.78. The lowest BCUT2D eigenvalue weighted by atomic mass is 10.2. The molecule has 138 valence electrons. The van der Waals surface area contributed by atoms with Gasteiger partial charge in [-0.05, 0) is 25.1 Å². The molecule has 1 aliphatic rings. The first-order valence-electron chi connectivity index (χ1n) is 8.53. The normalized spacial score (nSPS) is 16.9. The zero-order valence-electron chi connectivity index (χ0n) is 14.9. The highest BCUT2D eigenvalue weighted by Crippen LogP contribution is 2.42. The van der Waals surface area contributed by atoms with Crippen LogP contribution in [0, 0.1) is 12.7 Å². The van der Waals surface area contributed by atoms with E-state index >= 15 is 0 Å². The monoisotopic (exact) mass is 383 g/mol. The van der Waals surface area contributed by atoms with Crippen molar-refractivity contribution in [1.29, 1.82) is 0 Å².